The number of nitrogens with one attached hydrogen (secondary N) is 1. The standard InChI is InChI=1S/C15H21NO/c1-10-14-8-11-4-5-12(17-3)9-13(11)15(10,2)6-7-16-14/h4-5,9-10,14,16H,6-8H2,1-3H3/t10?,14-,15-/m1/s1. The Morgan fingerprint density at radius 1 is 1.41 bits per heavy atom. The van der Waals surface area contributed by atoms with Gasteiger partial charge in [0.1, 0.15) is 5.75 Å². The molecule has 1 aromatic rings. The molecule has 1 aromatic carbocycles. The highest BCUT2D eigenvalue weighted by atomic mass is 16.5. The number of ether oxygens (including phenoxy) is 1. The molecule has 2 heteroatoms. The van der Waals surface area contributed by atoms with Crippen LogP contribution in [0.4, 0.5) is 0 Å². The lowest BCUT2D eigenvalue weighted by Crippen LogP contribution is -2.56. The number of piperidine rings is 1. The zero-order chi connectivity index (χ0) is 12.0. The van der Waals surface area contributed by atoms with Gasteiger partial charge in [0.05, 0.1) is 7.11 Å². The molecule has 0 spiro atoms. The summed E-state index contributed by atoms with van der Waals surface area (Å²) in [7, 11) is 1.75. The summed E-state index contributed by atoms with van der Waals surface area (Å²) in [6, 6.07) is 7.24. The van der Waals surface area contributed by atoms with Crippen LogP contribution in [0.2, 0.25) is 0 Å². The zero-order valence-electron chi connectivity index (χ0n) is 10.9. The van der Waals surface area contributed by atoms with Crippen molar-refractivity contribution in [1.82, 2.24) is 5.32 Å². The van der Waals surface area contributed by atoms with E-state index >= 15 is 0 Å². The van der Waals surface area contributed by atoms with Gasteiger partial charge in [0.15, 0.2) is 0 Å². The molecule has 0 amide bonds. The van der Waals surface area contributed by atoms with Crippen molar-refractivity contribution in [2.24, 2.45) is 5.92 Å². The highest BCUT2D eigenvalue weighted by Crippen LogP contribution is 2.46. The molecule has 1 N–H and O–H groups in total. The van der Waals surface area contributed by atoms with E-state index in [1.165, 1.54) is 17.5 Å². The fourth-order valence-corrected chi connectivity index (χ4v) is 3.62. The third-order valence-corrected chi connectivity index (χ3v) is 5.03. The fraction of sp³-hybridized carbons (Fsp3) is 0.600. The first-order valence-electron chi connectivity index (χ1n) is 6.56. The van der Waals surface area contributed by atoms with Crippen LogP contribution in [-0.2, 0) is 11.8 Å². The third kappa shape index (κ3) is 1.50. The maximum atomic E-state index is 5.38. The summed E-state index contributed by atoms with van der Waals surface area (Å²) < 4.78 is 5.38. The SMILES string of the molecule is COc1ccc2c(c1)[C@]1(C)CCN[C@H](C2)C1C. The van der Waals surface area contributed by atoms with Crippen LogP contribution >= 0.6 is 0 Å². The minimum Gasteiger partial charge on any atom is -0.497 e. The molecule has 1 aliphatic heterocycles. The Hall–Kier alpha value is -1.02. The van der Waals surface area contributed by atoms with Crippen molar-refractivity contribution in [1.29, 1.82) is 0 Å². The molecule has 3 atom stereocenters. The average Bonchev–Trinajstić information content (AvgIpc) is 2.33. The van der Waals surface area contributed by atoms with Crippen molar-refractivity contribution in [3.63, 3.8) is 0 Å². The first-order valence-corrected chi connectivity index (χ1v) is 6.56. The summed E-state index contributed by atoms with van der Waals surface area (Å²) in [6.45, 7) is 5.95. The molecule has 3 rings (SSSR count). The van der Waals surface area contributed by atoms with E-state index in [-0.39, 0.29) is 0 Å². The van der Waals surface area contributed by atoms with Gasteiger partial charge in [-0.3, -0.25) is 0 Å². The summed E-state index contributed by atoms with van der Waals surface area (Å²) in [4.78, 5) is 0. The topological polar surface area (TPSA) is 21.3 Å². The maximum absolute atomic E-state index is 5.38. The Morgan fingerprint density at radius 2 is 2.24 bits per heavy atom. The maximum Gasteiger partial charge on any atom is 0.119 e. The van der Waals surface area contributed by atoms with Crippen molar-refractivity contribution >= 4 is 0 Å². The van der Waals surface area contributed by atoms with Crippen LogP contribution in [0.15, 0.2) is 18.2 Å². The van der Waals surface area contributed by atoms with Gasteiger partial charge in [0.2, 0.25) is 0 Å². The van der Waals surface area contributed by atoms with Crippen molar-refractivity contribution in [3.8, 4) is 5.75 Å². The van der Waals surface area contributed by atoms with E-state index in [0.29, 0.717) is 17.4 Å². The smallest absolute Gasteiger partial charge is 0.119 e. The van der Waals surface area contributed by atoms with E-state index in [4.69, 9.17) is 4.74 Å². The molecule has 0 radical (unpaired) electrons. The molecule has 17 heavy (non-hydrogen) atoms. The van der Waals surface area contributed by atoms with E-state index in [0.717, 1.165) is 18.7 Å². The van der Waals surface area contributed by atoms with Crippen LogP contribution in [-0.4, -0.2) is 19.7 Å². The van der Waals surface area contributed by atoms with E-state index in [9.17, 15) is 0 Å². The van der Waals surface area contributed by atoms with Crippen LogP contribution in [0.5, 0.6) is 5.75 Å². The number of fused-ring (bicyclic) bond motifs is 4. The molecule has 2 bridgehead atoms. The molecule has 1 aliphatic carbocycles. The van der Waals surface area contributed by atoms with E-state index in [1.54, 1.807) is 7.11 Å². The molecule has 1 saturated heterocycles. The van der Waals surface area contributed by atoms with Gasteiger partial charge in [-0.15, -0.1) is 0 Å². The van der Waals surface area contributed by atoms with Crippen LogP contribution in [0.3, 0.4) is 0 Å². The summed E-state index contributed by atoms with van der Waals surface area (Å²) in [5.74, 6) is 1.70. The molecular weight excluding hydrogens is 210 g/mol. The average molecular weight is 231 g/mol. The lowest BCUT2D eigenvalue weighted by Gasteiger charge is -2.50. The molecule has 1 unspecified atom stereocenters. The van der Waals surface area contributed by atoms with Crippen LogP contribution in [0.25, 0.3) is 0 Å². The van der Waals surface area contributed by atoms with Crippen molar-refractivity contribution in [2.45, 2.75) is 38.1 Å². The Labute approximate surface area is 103 Å². The highest BCUT2D eigenvalue weighted by Gasteiger charge is 2.45. The molecule has 1 fully saturated rings. The second kappa shape index (κ2) is 3.74. The van der Waals surface area contributed by atoms with Gasteiger partial charge in [-0.2, -0.15) is 0 Å². The molecular formula is C15H21NO. The van der Waals surface area contributed by atoms with Crippen molar-refractivity contribution < 1.29 is 4.74 Å². The van der Waals surface area contributed by atoms with E-state index in [2.05, 4.69) is 37.4 Å². The predicted octanol–water partition coefficient (Wildman–Crippen LogP) is 2.51. The number of rotatable bonds is 1. The van der Waals surface area contributed by atoms with Crippen LogP contribution in [0.1, 0.15) is 31.4 Å². The minimum atomic E-state index is 0.318. The fourth-order valence-electron chi connectivity index (χ4n) is 3.62. The molecule has 0 aromatic heterocycles. The van der Waals surface area contributed by atoms with E-state index in [1.807, 2.05) is 0 Å². The zero-order valence-corrected chi connectivity index (χ0v) is 10.9. The first kappa shape index (κ1) is 11.1. The van der Waals surface area contributed by atoms with Crippen LogP contribution in [0, 0.1) is 5.92 Å². The number of benzene rings is 1. The predicted molar refractivity (Wildman–Crippen MR) is 69.6 cm³/mol. The lowest BCUT2D eigenvalue weighted by atomic mass is 9.59. The molecule has 2 aliphatic rings. The van der Waals surface area contributed by atoms with Gasteiger partial charge in [0, 0.05) is 6.04 Å². The van der Waals surface area contributed by atoms with Crippen molar-refractivity contribution in [3.05, 3.63) is 29.3 Å². The van der Waals surface area contributed by atoms with Gasteiger partial charge in [-0.05, 0) is 54.0 Å². The van der Waals surface area contributed by atoms with E-state index < -0.39 is 0 Å². The number of hydrogen-bond donors (Lipinski definition) is 1. The molecule has 0 saturated carbocycles. The number of methoxy groups -OCH3 is 1. The third-order valence-electron chi connectivity index (χ3n) is 5.03. The summed E-state index contributed by atoms with van der Waals surface area (Å²) in [5, 5.41) is 3.66. The summed E-state index contributed by atoms with van der Waals surface area (Å²) in [5.41, 5.74) is 3.34. The van der Waals surface area contributed by atoms with Crippen LogP contribution < -0.4 is 10.1 Å². The summed E-state index contributed by atoms with van der Waals surface area (Å²) in [6.07, 6.45) is 2.39. The minimum absolute atomic E-state index is 0.318. The van der Waals surface area contributed by atoms with Crippen molar-refractivity contribution in [2.75, 3.05) is 13.7 Å². The highest BCUT2D eigenvalue weighted by molar-refractivity contribution is 5.44. The number of hydrogen-bond acceptors (Lipinski definition) is 2. The van der Waals surface area contributed by atoms with Gasteiger partial charge >= 0.3 is 0 Å². The Bertz CT molecular complexity index is 443. The molecule has 1 heterocycles. The largest absolute Gasteiger partial charge is 0.497 e. The lowest BCUT2D eigenvalue weighted by molar-refractivity contribution is 0.158. The van der Waals surface area contributed by atoms with Gasteiger partial charge in [-0.1, -0.05) is 19.9 Å². The Kier molecular flexibility index (Phi) is 2.44. The normalized spacial score (nSPS) is 35.2. The van der Waals surface area contributed by atoms with Gasteiger partial charge in [-0.25, -0.2) is 0 Å². The quantitative estimate of drug-likeness (QED) is 0.802. The Morgan fingerprint density at radius 3 is 3.00 bits per heavy atom. The second-order valence-corrected chi connectivity index (χ2v) is 5.74. The molecule has 2 nitrogen and oxygen atoms in total. The van der Waals surface area contributed by atoms with Gasteiger partial charge in [0.25, 0.3) is 0 Å². The monoisotopic (exact) mass is 231 g/mol. The first-order chi connectivity index (χ1) is 8.15. The van der Waals surface area contributed by atoms with Gasteiger partial charge < -0.3 is 10.1 Å². The second-order valence-electron chi connectivity index (χ2n) is 5.74. The summed E-state index contributed by atoms with van der Waals surface area (Å²) >= 11 is 0. The molecule has 92 valence electrons. The Balaban J connectivity index is 2.14.